The average molecular weight is 376 g/mol. The smallest absolute Gasteiger partial charge is 0.416 e. The number of piperidine rings is 1. The maximum atomic E-state index is 13.0. The van der Waals surface area contributed by atoms with Gasteiger partial charge in [0.15, 0.2) is 0 Å². The zero-order valence-corrected chi connectivity index (χ0v) is 17.5. The van der Waals surface area contributed by atoms with Gasteiger partial charge in [0.1, 0.15) is 11.4 Å². The maximum absolute atomic E-state index is 13.0. The molecule has 2 heterocycles. The summed E-state index contributed by atoms with van der Waals surface area (Å²) in [6.07, 6.45) is 5.00. The molecule has 0 aliphatic carbocycles. The van der Waals surface area contributed by atoms with E-state index in [2.05, 4.69) is 4.98 Å². The summed E-state index contributed by atoms with van der Waals surface area (Å²) in [7, 11) is 0. The van der Waals surface area contributed by atoms with Crippen LogP contribution < -0.4 is 4.90 Å². The third kappa shape index (κ3) is 5.21. The van der Waals surface area contributed by atoms with Gasteiger partial charge in [-0.25, -0.2) is 9.78 Å². The van der Waals surface area contributed by atoms with Gasteiger partial charge in [0.05, 0.1) is 6.04 Å². The predicted octanol–water partition coefficient (Wildman–Crippen LogP) is 4.70. The summed E-state index contributed by atoms with van der Waals surface area (Å²) >= 11 is 0. The number of aromatic nitrogens is 1. The van der Waals surface area contributed by atoms with Gasteiger partial charge in [-0.15, -0.1) is 0 Å². The number of anilines is 1. The molecule has 1 aromatic rings. The summed E-state index contributed by atoms with van der Waals surface area (Å²) < 4.78 is 5.66. The van der Waals surface area contributed by atoms with E-state index in [4.69, 9.17) is 4.74 Å². The van der Waals surface area contributed by atoms with Crippen LogP contribution in [0.5, 0.6) is 0 Å². The molecule has 6 nitrogen and oxygen atoms in total. The molecule has 6 heteroatoms. The van der Waals surface area contributed by atoms with Gasteiger partial charge in [-0.2, -0.15) is 0 Å². The second kappa shape index (κ2) is 8.72. The summed E-state index contributed by atoms with van der Waals surface area (Å²) in [6.45, 7) is 11.9. The molecule has 0 bridgehead atoms. The third-order valence-electron chi connectivity index (χ3n) is 4.93. The van der Waals surface area contributed by atoms with Gasteiger partial charge in [-0.3, -0.25) is 9.69 Å². The van der Waals surface area contributed by atoms with E-state index >= 15 is 0 Å². The van der Waals surface area contributed by atoms with E-state index in [0.29, 0.717) is 5.82 Å². The van der Waals surface area contributed by atoms with Crippen molar-refractivity contribution in [3.63, 3.8) is 0 Å². The largest absolute Gasteiger partial charge is 0.443 e. The van der Waals surface area contributed by atoms with Crippen molar-refractivity contribution in [1.29, 1.82) is 0 Å². The molecule has 1 aliphatic heterocycles. The van der Waals surface area contributed by atoms with Crippen molar-refractivity contribution in [3.8, 4) is 0 Å². The Balaban J connectivity index is 2.48. The topological polar surface area (TPSA) is 62.7 Å². The monoisotopic (exact) mass is 375 g/mol. The highest BCUT2D eigenvalue weighted by atomic mass is 16.6. The third-order valence-corrected chi connectivity index (χ3v) is 4.93. The van der Waals surface area contributed by atoms with Gasteiger partial charge in [-0.1, -0.05) is 13.0 Å². The molecule has 2 unspecified atom stereocenters. The van der Waals surface area contributed by atoms with E-state index in [1.807, 2.05) is 51.7 Å². The molecule has 0 spiro atoms. The molecule has 2 amide bonds. The molecule has 0 N–H and O–H groups in total. The Hall–Kier alpha value is -2.11. The lowest BCUT2D eigenvalue weighted by atomic mass is 9.95. The molecule has 2 atom stereocenters. The van der Waals surface area contributed by atoms with Gasteiger partial charge in [0, 0.05) is 31.3 Å². The summed E-state index contributed by atoms with van der Waals surface area (Å²) in [5, 5.41) is 0. The number of amides is 2. The minimum Gasteiger partial charge on any atom is -0.443 e. The number of likely N-dealkylation sites (tertiary alicyclic amines) is 1. The van der Waals surface area contributed by atoms with Crippen LogP contribution in [-0.4, -0.2) is 40.1 Å². The van der Waals surface area contributed by atoms with E-state index in [9.17, 15) is 9.59 Å². The van der Waals surface area contributed by atoms with Crippen LogP contribution in [0.25, 0.3) is 0 Å². The van der Waals surface area contributed by atoms with Crippen molar-refractivity contribution in [2.75, 3.05) is 11.4 Å². The zero-order chi connectivity index (χ0) is 20.2. The summed E-state index contributed by atoms with van der Waals surface area (Å²) in [5.74, 6) is 0.654. The lowest BCUT2D eigenvalue weighted by molar-refractivity contribution is -0.132. The number of carbonyl (C=O) groups excluding carboxylic acids is 2. The minimum absolute atomic E-state index is 0.0573. The van der Waals surface area contributed by atoms with Crippen molar-refractivity contribution in [1.82, 2.24) is 9.88 Å². The van der Waals surface area contributed by atoms with Crippen LogP contribution in [0, 0.1) is 0 Å². The van der Waals surface area contributed by atoms with Crippen molar-refractivity contribution in [3.05, 3.63) is 23.9 Å². The van der Waals surface area contributed by atoms with Crippen LogP contribution >= 0.6 is 0 Å². The van der Waals surface area contributed by atoms with E-state index in [1.165, 1.54) is 0 Å². The second-order valence-corrected chi connectivity index (χ2v) is 8.25. The van der Waals surface area contributed by atoms with Gasteiger partial charge in [-0.05, 0) is 59.4 Å². The fraction of sp³-hybridized carbons (Fsp3) is 0.667. The number of hydrogen-bond acceptors (Lipinski definition) is 4. The standard InChI is InChI=1S/C21H33N3O3/c1-7-15(2)24(20(26)27-21(4,5)6)19-17(11-10-13-22-19)18-12-8-9-14-23(18)16(3)25/h10-11,13,15,18H,7-9,12,14H2,1-6H3. The maximum Gasteiger partial charge on any atom is 0.416 e. The average Bonchev–Trinajstić information content (AvgIpc) is 2.60. The number of hydrogen-bond donors (Lipinski definition) is 0. The highest BCUT2D eigenvalue weighted by Gasteiger charge is 2.34. The fourth-order valence-corrected chi connectivity index (χ4v) is 3.47. The lowest BCUT2D eigenvalue weighted by Crippen LogP contribution is -2.44. The van der Waals surface area contributed by atoms with Crippen LogP contribution in [0.3, 0.4) is 0 Å². The summed E-state index contributed by atoms with van der Waals surface area (Å²) in [4.78, 5) is 33.3. The Morgan fingerprint density at radius 2 is 2.07 bits per heavy atom. The molecular formula is C21H33N3O3. The Labute approximate surface area is 162 Å². The molecule has 1 saturated heterocycles. The van der Waals surface area contributed by atoms with Crippen LogP contribution in [0.4, 0.5) is 10.6 Å². The van der Waals surface area contributed by atoms with Crippen LogP contribution in [0.2, 0.25) is 0 Å². The quantitative estimate of drug-likeness (QED) is 0.765. The number of carbonyl (C=O) groups is 2. The van der Waals surface area contributed by atoms with Gasteiger partial charge < -0.3 is 9.64 Å². The van der Waals surface area contributed by atoms with E-state index in [-0.39, 0.29) is 18.0 Å². The van der Waals surface area contributed by atoms with Crippen LogP contribution in [0.1, 0.15) is 78.8 Å². The Kier molecular flexibility index (Phi) is 6.84. The first kappa shape index (κ1) is 21.2. The van der Waals surface area contributed by atoms with E-state index in [0.717, 1.165) is 37.8 Å². The predicted molar refractivity (Wildman–Crippen MR) is 107 cm³/mol. The number of pyridine rings is 1. The van der Waals surface area contributed by atoms with Crippen molar-refractivity contribution in [2.24, 2.45) is 0 Å². The highest BCUT2D eigenvalue weighted by molar-refractivity contribution is 5.88. The lowest BCUT2D eigenvalue weighted by Gasteiger charge is -2.38. The number of rotatable bonds is 4. The van der Waals surface area contributed by atoms with E-state index in [1.54, 1.807) is 18.0 Å². The van der Waals surface area contributed by atoms with Crippen molar-refractivity contribution in [2.45, 2.75) is 84.9 Å². The molecule has 0 aromatic carbocycles. The van der Waals surface area contributed by atoms with Crippen molar-refractivity contribution >= 4 is 17.8 Å². The number of ether oxygens (including phenoxy) is 1. The molecule has 0 radical (unpaired) electrons. The first-order valence-electron chi connectivity index (χ1n) is 9.90. The van der Waals surface area contributed by atoms with Crippen LogP contribution in [0.15, 0.2) is 18.3 Å². The van der Waals surface area contributed by atoms with Crippen molar-refractivity contribution < 1.29 is 14.3 Å². The van der Waals surface area contributed by atoms with Gasteiger partial charge in [0.25, 0.3) is 0 Å². The van der Waals surface area contributed by atoms with Crippen LogP contribution in [-0.2, 0) is 9.53 Å². The molecule has 150 valence electrons. The molecule has 1 fully saturated rings. The molecule has 2 rings (SSSR count). The van der Waals surface area contributed by atoms with Gasteiger partial charge >= 0.3 is 6.09 Å². The summed E-state index contributed by atoms with van der Waals surface area (Å²) in [5.41, 5.74) is 0.326. The molecular weight excluding hydrogens is 342 g/mol. The Morgan fingerprint density at radius 3 is 2.67 bits per heavy atom. The first-order valence-corrected chi connectivity index (χ1v) is 9.90. The zero-order valence-electron chi connectivity index (χ0n) is 17.5. The summed E-state index contributed by atoms with van der Waals surface area (Å²) in [6, 6.07) is 3.72. The Morgan fingerprint density at radius 1 is 1.37 bits per heavy atom. The molecule has 1 aromatic heterocycles. The normalized spacial score (nSPS) is 18.7. The fourth-order valence-electron chi connectivity index (χ4n) is 3.47. The minimum atomic E-state index is -0.589. The molecule has 27 heavy (non-hydrogen) atoms. The van der Waals surface area contributed by atoms with E-state index < -0.39 is 11.7 Å². The number of nitrogens with zero attached hydrogens (tertiary/aromatic N) is 3. The molecule has 1 aliphatic rings. The van der Waals surface area contributed by atoms with Gasteiger partial charge in [0.2, 0.25) is 5.91 Å². The molecule has 0 saturated carbocycles. The highest BCUT2D eigenvalue weighted by Crippen LogP contribution is 2.36. The first-order chi connectivity index (χ1) is 12.7. The SMILES string of the molecule is CCC(C)N(C(=O)OC(C)(C)C)c1ncccc1C1CCCCN1C(C)=O. The second-order valence-electron chi connectivity index (χ2n) is 8.25. The Bertz CT molecular complexity index is 669.